The molecule has 3 aromatic carbocycles. The molecule has 0 aliphatic carbocycles. The first kappa shape index (κ1) is 25.9. The van der Waals surface area contributed by atoms with E-state index in [0.717, 1.165) is 5.56 Å². The van der Waals surface area contributed by atoms with Crippen molar-refractivity contribution < 1.29 is 19.4 Å². The molecule has 0 bridgehead atoms. The summed E-state index contributed by atoms with van der Waals surface area (Å²) < 4.78 is 5.77. The summed E-state index contributed by atoms with van der Waals surface area (Å²) in [6.45, 7) is 5.60. The van der Waals surface area contributed by atoms with Crippen molar-refractivity contribution in [2.24, 2.45) is 0 Å². The third-order valence-electron chi connectivity index (χ3n) is 6.32. The lowest BCUT2D eigenvalue weighted by molar-refractivity contribution is -0.117. The third kappa shape index (κ3) is 4.92. The Morgan fingerprint density at radius 2 is 1.72 bits per heavy atom. The van der Waals surface area contributed by atoms with Gasteiger partial charge < -0.3 is 9.84 Å². The van der Waals surface area contributed by atoms with Crippen molar-refractivity contribution in [2.45, 2.75) is 32.9 Å². The first-order valence-corrected chi connectivity index (χ1v) is 13.2. The monoisotopic (exact) mass is 535 g/mol. The van der Waals surface area contributed by atoms with E-state index in [-0.39, 0.29) is 11.7 Å². The number of amides is 1. The molecule has 0 saturated carbocycles. The zero-order chi connectivity index (χ0) is 27.7. The number of aromatic nitrogens is 1. The second-order valence-corrected chi connectivity index (χ2v) is 10.4. The average Bonchev–Trinajstić information content (AvgIpc) is 3.46. The Balaban J connectivity index is 1.60. The summed E-state index contributed by atoms with van der Waals surface area (Å²) in [6, 6.07) is 24.3. The van der Waals surface area contributed by atoms with E-state index in [1.54, 1.807) is 55.5 Å². The van der Waals surface area contributed by atoms with Gasteiger partial charge in [-0.1, -0.05) is 42.5 Å². The zero-order valence-electron chi connectivity index (χ0n) is 21.6. The van der Waals surface area contributed by atoms with Gasteiger partial charge in [0.05, 0.1) is 39.9 Å². The van der Waals surface area contributed by atoms with Crippen LogP contribution in [-0.2, 0) is 4.79 Å². The third-order valence-corrected chi connectivity index (χ3v) is 7.52. The van der Waals surface area contributed by atoms with Gasteiger partial charge in [0.2, 0.25) is 5.78 Å². The highest BCUT2D eigenvalue weighted by atomic mass is 32.1. The molecule has 0 fully saturated rings. The van der Waals surface area contributed by atoms with E-state index >= 15 is 0 Å². The summed E-state index contributed by atoms with van der Waals surface area (Å²) in [5.41, 5.74) is 2.89. The quantitative estimate of drug-likeness (QED) is 0.269. The van der Waals surface area contributed by atoms with Crippen molar-refractivity contribution >= 4 is 28.7 Å². The number of rotatable bonds is 7. The number of carbonyl (C=O) groups excluding carboxylic acids is 2. The van der Waals surface area contributed by atoms with Crippen molar-refractivity contribution in [3.8, 4) is 22.4 Å². The number of anilines is 1. The maximum absolute atomic E-state index is 14.0. The molecule has 0 saturated heterocycles. The minimum absolute atomic E-state index is 0.0201. The van der Waals surface area contributed by atoms with Crippen LogP contribution in [0, 0.1) is 18.3 Å². The van der Waals surface area contributed by atoms with E-state index in [9.17, 15) is 20.0 Å². The van der Waals surface area contributed by atoms with Crippen molar-refractivity contribution in [3.05, 3.63) is 112 Å². The van der Waals surface area contributed by atoms with E-state index in [2.05, 4.69) is 11.1 Å². The standard InChI is InChI=1S/C31H25N3O4S/c1-18(2)38-24-15-11-21(12-16-24)26-25(28(36)31(37)34(26)23-13-9-20(17-32)10-14-23)27(35)29-19(3)33-30(39-29)22-7-5-4-6-8-22/h4-16,18,26,36H,1-3H3. The van der Waals surface area contributed by atoms with Gasteiger partial charge >= 0.3 is 0 Å². The average molecular weight is 536 g/mol. The molecule has 1 aliphatic rings. The molecule has 1 aromatic heterocycles. The van der Waals surface area contributed by atoms with E-state index in [0.29, 0.717) is 38.1 Å². The number of aliphatic hydroxyl groups is 1. The number of hydrogen-bond donors (Lipinski definition) is 1. The summed E-state index contributed by atoms with van der Waals surface area (Å²) in [7, 11) is 0. The van der Waals surface area contributed by atoms with Gasteiger partial charge in [0.15, 0.2) is 5.76 Å². The van der Waals surface area contributed by atoms with E-state index in [1.165, 1.54) is 16.2 Å². The van der Waals surface area contributed by atoms with Crippen LogP contribution >= 0.6 is 11.3 Å². The van der Waals surface area contributed by atoms with Crippen LogP contribution in [0.1, 0.15) is 46.4 Å². The molecule has 7 nitrogen and oxygen atoms in total. The Kier molecular flexibility index (Phi) is 7.01. The van der Waals surface area contributed by atoms with Gasteiger partial charge in [-0.2, -0.15) is 5.26 Å². The van der Waals surface area contributed by atoms with E-state index < -0.39 is 23.5 Å². The fourth-order valence-electron chi connectivity index (χ4n) is 4.55. The van der Waals surface area contributed by atoms with Gasteiger partial charge in [-0.05, 0) is 62.7 Å². The van der Waals surface area contributed by atoms with Crippen molar-refractivity contribution in [1.29, 1.82) is 5.26 Å². The number of carbonyl (C=O) groups is 2. The molecular weight excluding hydrogens is 510 g/mol. The molecule has 2 heterocycles. The minimum atomic E-state index is -0.896. The predicted octanol–water partition coefficient (Wildman–Crippen LogP) is 6.56. The molecule has 39 heavy (non-hydrogen) atoms. The first-order chi connectivity index (χ1) is 18.8. The van der Waals surface area contributed by atoms with Crippen LogP contribution in [0.15, 0.2) is 90.2 Å². The number of aliphatic hydroxyl groups excluding tert-OH is 1. The molecule has 8 heteroatoms. The smallest absolute Gasteiger partial charge is 0.294 e. The van der Waals surface area contributed by atoms with Gasteiger partial charge in [-0.25, -0.2) is 4.98 Å². The summed E-state index contributed by atoms with van der Waals surface area (Å²) in [5.74, 6) is -1.11. The van der Waals surface area contributed by atoms with Crippen LogP contribution in [0.3, 0.4) is 0 Å². The Bertz CT molecular complexity index is 1620. The second-order valence-electron chi connectivity index (χ2n) is 9.36. The number of ketones is 1. The molecule has 0 spiro atoms. The highest BCUT2D eigenvalue weighted by Gasteiger charge is 2.45. The largest absolute Gasteiger partial charge is 0.503 e. The summed E-state index contributed by atoms with van der Waals surface area (Å²) >= 11 is 1.23. The number of nitriles is 1. The lowest BCUT2D eigenvalue weighted by atomic mass is 9.94. The molecule has 0 radical (unpaired) electrons. The lowest BCUT2D eigenvalue weighted by Gasteiger charge is -2.27. The zero-order valence-corrected chi connectivity index (χ0v) is 22.4. The predicted molar refractivity (Wildman–Crippen MR) is 150 cm³/mol. The number of ether oxygens (including phenoxy) is 1. The minimum Gasteiger partial charge on any atom is -0.503 e. The Labute approximate surface area is 230 Å². The van der Waals surface area contributed by atoms with Gasteiger partial charge in [0.1, 0.15) is 10.8 Å². The molecule has 1 unspecified atom stereocenters. The maximum Gasteiger partial charge on any atom is 0.294 e. The molecule has 5 rings (SSSR count). The molecule has 194 valence electrons. The van der Waals surface area contributed by atoms with Gasteiger partial charge in [0, 0.05) is 11.3 Å². The van der Waals surface area contributed by atoms with Gasteiger partial charge in [-0.15, -0.1) is 11.3 Å². The van der Waals surface area contributed by atoms with Gasteiger partial charge in [0.25, 0.3) is 5.91 Å². The number of nitrogens with zero attached hydrogens (tertiary/aromatic N) is 3. The highest BCUT2D eigenvalue weighted by molar-refractivity contribution is 7.17. The van der Waals surface area contributed by atoms with Crippen LogP contribution < -0.4 is 9.64 Å². The van der Waals surface area contributed by atoms with Crippen molar-refractivity contribution in [1.82, 2.24) is 4.98 Å². The molecule has 4 aromatic rings. The van der Waals surface area contributed by atoms with Crippen LogP contribution in [0.2, 0.25) is 0 Å². The second kappa shape index (κ2) is 10.6. The summed E-state index contributed by atoms with van der Waals surface area (Å²) in [4.78, 5) is 33.9. The van der Waals surface area contributed by atoms with Crippen LogP contribution in [0.4, 0.5) is 5.69 Å². The number of thiazole rings is 1. The number of hydrogen-bond acceptors (Lipinski definition) is 7. The van der Waals surface area contributed by atoms with Crippen molar-refractivity contribution in [3.63, 3.8) is 0 Å². The highest BCUT2D eigenvalue weighted by Crippen LogP contribution is 2.43. The first-order valence-electron chi connectivity index (χ1n) is 12.4. The SMILES string of the molecule is Cc1nc(-c2ccccc2)sc1C(=O)C1=C(O)C(=O)N(c2ccc(C#N)cc2)C1c1ccc(OC(C)C)cc1. The van der Waals surface area contributed by atoms with Crippen LogP contribution in [0.25, 0.3) is 10.6 Å². The maximum atomic E-state index is 14.0. The molecule has 1 atom stereocenters. The Morgan fingerprint density at radius 1 is 1.05 bits per heavy atom. The molecular formula is C31H25N3O4S. The molecule has 1 N–H and O–H groups in total. The topological polar surface area (TPSA) is 104 Å². The van der Waals surface area contributed by atoms with Crippen LogP contribution in [-0.4, -0.2) is 27.9 Å². The Morgan fingerprint density at radius 3 is 2.33 bits per heavy atom. The van der Waals surface area contributed by atoms with Crippen LogP contribution in [0.5, 0.6) is 5.75 Å². The van der Waals surface area contributed by atoms with E-state index in [1.807, 2.05) is 44.2 Å². The number of Topliss-reactive ketones (excluding diaryl/α,β-unsaturated/α-hetero) is 1. The normalized spacial score (nSPS) is 15.1. The fraction of sp³-hybridized carbons (Fsp3) is 0.161. The number of benzene rings is 3. The van der Waals surface area contributed by atoms with E-state index in [4.69, 9.17) is 4.74 Å². The molecule has 1 amide bonds. The fourth-order valence-corrected chi connectivity index (χ4v) is 5.58. The lowest BCUT2D eigenvalue weighted by Crippen LogP contribution is -2.31. The Hall–Kier alpha value is -4.74. The number of aryl methyl sites for hydroxylation is 1. The summed E-state index contributed by atoms with van der Waals surface area (Å²) in [5, 5.41) is 21.0. The van der Waals surface area contributed by atoms with Crippen molar-refractivity contribution in [2.75, 3.05) is 4.90 Å². The summed E-state index contributed by atoms with van der Waals surface area (Å²) in [6.07, 6.45) is -0.0201. The van der Waals surface area contributed by atoms with Gasteiger partial charge in [-0.3, -0.25) is 14.5 Å². The molecule has 1 aliphatic heterocycles.